The summed E-state index contributed by atoms with van der Waals surface area (Å²) in [5.74, 6) is 0. The summed E-state index contributed by atoms with van der Waals surface area (Å²) in [4.78, 5) is 7.26. The van der Waals surface area contributed by atoms with Crippen molar-refractivity contribution in [1.82, 2.24) is 14.7 Å². The van der Waals surface area contributed by atoms with E-state index >= 15 is 0 Å². The van der Waals surface area contributed by atoms with Gasteiger partial charge in [0, 0.05) is 63.7 Å². The van der Waals surface area contributed by atoms with Gasteiger partial charge in [0.05, 0.1) is 13.2 Å². The molecule has 4 rings (SSSR count). The number of nitrogens with two attached hydrogens (primary N) is 2. The summed E-state index contributed by atoms with van der Waals surface area (Å²) >= 11 is 0. The zero-order valence-electron chi connectivity index (χ0n) is 17.6. The van der Waals surface area contributed by atoms with Crippen molar-refractivity contribution in [2.24, 2.45) is 0 Å². The fraction of sp³-hybridized carbons (Fsp3) is 0.478. The standard InChI is InChI=1S/C12H19N3.C11H16N2O/c1-14-6-8-15(9-7-14)10-11-2-4-12(13)5-3-11;12-11-3-1-10(2-4-11)9-13-5-7-14-8-6-13/h2-5H,6-10,13H2,1H3;1-4H,5-9,12H2. The quantitative estimate of drug-likeness (QED) is 0.770. The van der Waals surface area contributed by atoms with Gasteiger partial charge in [0.1, 0.15) is 0 Å². The van der Waals surface area contributed by atoms with Crippen molar-refractivity contribution < 1.29 is 4.74 Å². The van der Waals surface area contributed by atoms with Crippen LogP contribution in [0.4, 0.5) is 11.4 Å². The molecule has 0 aromatic heterocycles. The minimum Gasteiger partial charge on any atom is -0.399 e. The number of piperazine rings is 1. The van der Waals surface area contributed by atoms with Gasteiger partial charge < -0.3 is 21.1 Å². The largest absolute Gasteiger partial charge is 0.399 e. The van der Waals surface area contributed by atoms with Gasteiger partial charge in [-0.1, -0.05) is 24.3 Å². The highest BCUT2D eigenvalue weighted by molar-refractivity contribution is 5.39. The molecule has 0 spiro atoms. The molecule has 6 nitrogen and oxygen atoms in total. The van der Waals surface area contributed by atoms with E-state index in [1.54, 1.807) is 0 Å². The maximum absolute atomic E-state index is 5.66. The number of hydrogen-bond donors (Lipinski definition) is 2. The molecule has 2 aliphatic rings. The molecule has 2 saturated heterocycles. The van der Waals surface area contributed by atoms with Crippen LogP contribution < -0.4 is 11.5 Å². The molecule has 6 heteroatoms. The number of ether oxygens (including phenoxy) is 1. The Labute approximate surface area is 175 Å². The zero-order valence-corrected chi connectivity index (χ0v) is 17.6. The summed E-state index contributed by atoms with van der Waals surface area (Å²) in [6.45, 7) is 10.5. The molecule has 0 aliphatic carbocycles. The van der Waals surface area contributed by atoms with Crippen molar-refractivity contribution in [3.63, 3.8) is 0 Å². The number of likely N-dealkylation sites (N-methyl/N-ethyl adjacent to an activating group) is 1. The number of benzene rings is 2. The van der Waals surface area contributed by atoms with Crippen molar-refractivity contribution in [2.75, 3.05) is 71.0 Å². The fourth-order valence-electron chi connectivity index (χ4n) is 3.53. The number of rotatable bonds is 4. The molecule has 0 atom stereocenters. The van der Waals surface area contributed by atoms with E-state index in [1.807, 2.05) is 24.3 Å². The lowest BCUT2D eigenvalue weighted by molar-refractivity contribution is 0.0342. The molecule has 4 N–H and O–H groups in total. The van der Waals surface area contributed by atoms with E-state index in [4.69, 9.17) is 16.2 Å². The van der Waals surface area contributed by atoms with Crippen LogP contribution in [0.15, 0.2) is 48.5 Å². The monoisotopic (exact) mass is 397 g/mol. The molecule has 0 radical (unpaired) electrons. The maximum atomic E-state index is 5.66. The Morgan fingerprint density at radius 2 is 1.07 bits per heavy atom. The lowest BCUT2D eigenvalue weighted by Gasteiger charge is -2.32. The van der Waals surface area contributed by atoms with Crippen LogP contribution in [0.1, 0.15) is 11.1 Å². The van der Waals surface area contributed by atoms with Gasteiger partial charge in [0.25, 0.3) is 0 Å². The third kappa shape index (κ3) is 7.66. The lowest BCUT2D eigenvalue weighted by atomic mass is 10.2. The van der Waals surface area contributed by atoms with E-state index in [0.29, 0.717) is 0 Å². The molecular weight excluding hydrogens is 362 g/mol. The molecule has 2 heterocycles. The van der Waals surface area contributed by atoms with Crippen molar-refractivity contribution in [3.8, 4) is 0 Å². The average molecular weight is 398 g/mol. The van der Waals surface area contributed by atoms with Crippen LogP contribution in [-0.2, 0) is 17.8 Å². The molecule has 2 fully saturated rings. The number of anilines is 2. The fourth-order valence-corrected chi connectivity index (χ4v) is 3.53. The van der Waals surface area contributed by atoms with Gasteiger partial charge in [-0.05, 0) is 42.4 Å². The van der Waals surface area contributed by atoms with Gasteiger partial charge in [-0.15, -0.1) is 0 Å². The molecule has 0 saturated carbocycles. The highest BCUT2D eigenvalue weighted by Crippen LogP contribution is 2.11. The average Bonchev–Trinajstić information content (AvgIpc) is 2.74. The van der Waals surface area contributed by atoms with Gasteiger partial charge in [0.15, 0.2) is 0 Å². The smallest absolute Gasteiger partial charge is 0.0594 e. The van der Waals surface area contributed by atoms with Gasteiger partial charge >= 0.3 is 0 Å². The Balaban J connectivity index is 0.000000166. The molecule has 0 amide bonds. The first-order valence-electron chi connectivity index (χ1n) is 10.5. The van der Waals surface area contributed by atoms with E-state index < -0.39 is 0 Å². The summed E-state index contributed by atoms with van der Waals surface area (Å²) < 4.78 is 5.29. The molecule has 2 aromatic carbocycles. The van der Waals surface area contributed by atoms with E-state index in [-0.39, 0.29) is 0 Å². The van der Waals surface area contributed by atoms with E-state index in [2.05, 4.69) is 46.0 Å². The summed E-state index contributed by atoms with van der Waals surface area (Å²) in [5, 5.41) is 0. The third-order valence-corrected chi connectivity index (χ3v) is 5.47. The van der Waals surface area contributed by atoms with Crippen LogP contribution in [0, 0.1) is 0 Å². The molecule has 2 aliphatic heterocycles. The summed E-state index contributed by atoms with van der Waals surface area (Å²) in [5.41, 5.74) is 15.6. The summed E-state index contributed by atoms with van der Waals surface area (Å²) in [6.07, 6.45) is 0. The normalized spacial score (nSPS) is 18.8. The minimum absolute atomic E-state index is 0.829. The summed E-state index contributed by atoms with van der Waals surface area (Å²) in [6, 6.07) is 16.3. The Bertz CT molecular complexity index is 705. The van der Waals surface area contributed by atoms with E-state index in [1.165, 1.54) is 37.3 Å². The predicted octanol–water partition coefficient (Wildman–Crippen LogP) is 2.12. The van der Waals surface area contributed by atoms with Crippen molar-refractivity contribution in [3.05, 3.63) is 59.7 Å². The second-order valence-corrected chi connectivity index (χ2v) is 7.95. The van der Waals surface area contributed by atoms with Crippen molar-refractivity contribution >= 4 is 11.4 Å². The van der Waals surface area contributed by atoms with Gasteiger partial charge in [-0.3, -0.25) is 9.80 Å². The third-order valence-electron chi connectivity index (χ3n) is 5.47. The van der Waals surface area contributed by atoms with Crippen LogP contribution in [0.5, 0.6) is 0 Å². The minimum atomic E-state index is 0.829. The number of morpholine rings is 1. The topological polar surface area (TPSA) is 71.0 Å². The van der Waals surface area contributed by atoms with Crippen molar-refractivity contribution in [1.29, 1.82) is 0 Å². The van der Waals surface area contributed by atoms with Crippen LogP contribution in [-0.4, -0.2) is 74.2 Å². The Morgan fingerprint density at radius 1 is 0.655 bits per heavy atom. The highest BCUT2D eigenvalue weighted by atomic mass is 16.5. The van der Waals surface area contributed by atoms with E-state index in [9.17, 15) is 0 Å². The Kier molecular flexibility index (Phi) is 8.31. The molecule has 29 heavy (non-hydrogen) atoms. The van der Waals surface area contributed by atoms with Gasteiger partial charge in [-0.25, -0.2) is 0 Å². The van der Waals surface area contributed by atoms with Crippen LogP contribution in [0.25, 0.3) is 0 Å². The second-order valence-electron chi connectivity index (χ2n) is 7.95. The SMILES string of the molecule is CN1CCN(Cc2ccc(N)cc2)CC1.Nc1ccc(CN2CCOCC2)cc1. The van der Waals surface area contributed by atoms with Gasteiger partial charge in [0.2, 0.25) is 0 Å². The predicted molar refractivity (Wildman–Crippen MR) is 121 cm³/mol. The Hall–Kier alpha value is -2.12. The first kappa shape index (κ1) is 21.6. The zero-order chi connectivity index (χ0) is 20.5. The highest BCUT2D eigenvalue weighted by Gasteiger charge is 2.13. The van der Waals surface area contributed by atoms with Crippen LogP contribution in [0.2, 0.25) is 0 Å². The van der Waals surface area contributed by atoms with Crippen molar-refractivity contribution in [2.45, 2.75) is 13.1 Å². The maximum Gasteiger partial charge on any atom is 0.0594 e. The first-order chi connectivity index (χ1) is 14.1. The second kappa shape index (κ2) is 11.2. The first-order valence-corrected chi connectivity index (χ1v) is 10.5. The lowest BCUT2D eigenvalue weighted by Crippen LogP contribution is -2.43. The van der Waals surface area contributed by atoms with Crippen LogP contribution >= 0.6 is 0 Å². The Morgan fingerprint density at radius 3 is 1.52 bits per heavy atom. The molecular formula is C23H35N5O. The molecule has 158 valence electrons. The molecule has 0 unspecified atom stereocenters. The van der Waals surface area contributed by atoms with Crippen LogP contribution in [0.3, 0.4) is 0 Å². The molecule has 0 bridgehead atoms. The van der Waals surface area contributed by atoms with Gasteiger partial charge in [-0.2, -0.15) is 0 Å². The number of nitrogen functional groups attached to an aromatic ring is 2. The molecule has 2 aromatic rings. The number of hydrogen-bond acceptors (Lipinski definition) is 6. The summed E-state index contributed by atoms with van der Waals surface area (Å²) in [7, 11) is 2.18. The number of nitrogens with zero attached hydrogens (tertiary/aromatic N) is 3. The van der Waals surface area contributed by atoms with E-state index in [0.717, 1.165) is 50.8 Å².